The van der Waals surface area contributed by atoms with Crippen LogP contribution in [-0.4, -0.2) is 15.7 Å². The Bertz CT molecular complexity index is 615. The summed E-state index contributed by atoms with van der Waals surface area (Å²) in [5, 5.41) is 2.56. The number of hydrogen-bond acceptors (Lipinski definition) is 3. The molecule has 1 heterocycles. The van der Waals surface area contributed by atoms with Crippen LogP contribution in [0.25, 0.3) is 0 Å². The van der Waals surface area contributed by atoms with E-state index in [4.69, 9.17) is 5.73 Å². The Balaban J connectivity index is 2.43. The molecule has 0 saturated carbocycles. The van der Waals surface area contributed by atoms with Crippen LogP contribution in [0, 0.1) is 5.82 Å². The number of nitrogens with two attached hydrogens (primary N) is 1. The SMILES string of the molecule is NCc1cc(=O)n(C(=O)c2cccc(F)c2)[nH]1. The molecule has 0 spiro atoms. The smallest absolute Gasteiger partial charge is 0.279 e. The number of benzene rings is 1. The molecule has 1 aromatic carbocycles. The second-order valence-electron chi connectivity index (χ2n) is 3.47. The zero-order valence-corrected chi connectivity index (χ0v) is 8.81. The van der Waals surface area contributed by atoms with Gasteiger partial charge in [-0.25, -0.2) is 4.39 Å². The summed E-state index contributed by atoms with van der Waals surface area (Å²) in [5.74, 6) is -1.15. The maximum atomic E-state index is 12.9. The molecule has 0 aliphatic heterocycles. The Morgan fingerprint density at radius 3 is 2.76 bits per heavy atom. The van der Waals surface area contributed by atoms with E-state index < -0.39 is 17.3 Å². The summed E-state index contributed by atoms with van der Waals surface area (Å²) in [7, 11) is 0. The maximum absolute atomic E-state index is 12.9. The standard InChI is InChI=1S/C11H10FN3O2/c12-8-3-1-2-7(4-8)11(17)15-10(16)5-9(6-13)14-15/h1-5,14H,6,13H2. The molecule has 5 nitrogen and oxygen atoms in total. The molecule has 6 heteroatoms. The van der Waals surface area contributed by atoms with Gasteiger partial charge in [0.05, 0.1) is 5.69 Å². The van der Waals surface area contributed by atoms with Crippen molar-refractivity contribution in [1.29, 1.82) is 0 Å². The molecule has 0 bridgehead atoms. The molecule has 3 N–H and O–H groups in total. The minimum absolute atomic E-state index is 0.0949. The number of aromatic nitrogens is 2. The van der Waals surface area contributed by atoms with E-state index in [2.05, 4.69) is 5.10 Å². The second kappa shape index (κ2) is 4.34. The molecule has 0 unspecified atom stereocenters. The van der Waals surface area contributed by atoms with Gasteiger partial charge in [0.1, 0.15) is 5.82 Å². The van der Waals surface area contributed by atoms with E-state index in [-0.39, 0.29) is 12.1 Å². The van der Waals surface area contributed by atoms with Crippen molar-refractivity contribution in [3.63, 3.8) is 0 Å². The van der Waals surface area contributed by atoms with E-state index in [1.807, 2.05) is 0 Å². The number of hydrogen-bond donors (Lipinski definition) is 2. The minimum Gasteiger partial charge on any atom is -0.325 e. The van der Waals surface area contributed by atoms with Crippen LogP contribution in [0.4, 0.5) is 4.39 Å². The van der Waals surface area contributed by atoms with Crippen LogP contribution in [0.15, 0.2) is 35.1 Å². The van der Waals surface area contributed by atoms with Crippen molar-refractivity contribution >= 4 is 5.91 Å². The van der Waals surface area contributed by atoms with Gasteiger partial charge in [-0.2, -0.15) is 4.68 Å². The lowest BCUT2D eigenvalue weighted by atomic mass is 10.2. The minimum atomic E-state index is -0.616. The average molecular weight is 235 g/mol. The molecule has 2 aromatic rings. The third-order valence-corrected chi connectivity index (χ3v) is 2.27. The fourth-order valence-corrected chi connectivity index (χ4v) is 1.45. The number of nitrogens with zero attached hydrogens (tertiary/aromatic N) is 1. The van der Waals surface area contributed by atoms with Gasteiger partial charge in [0.25, 0.3) is 11.5 Å². The first-order valence-electron chi connectivity index (χ1n) is 4.93. The molecule has 0 aliphatic rings. The summed E-state index contributed by atoms with van der Waals surface area (Å²) in [6, 6.07) is 6.36. The van der Waals surface area contributed by atoms with E-state index in [1.54, 1.807) is 0 Å². The molecule has 0 amide bonds. The monoisotopic (exact) mass is 235 g/mol. The molecule has 88 valence electrons. The van der Waals surface area contributed by atoms with Gasteiger partial charge < -0.3 is 5.73 Å². The lowest BCUT2D eigenvalue weighted by Gasteiger charge is -2.00. The fraction of sp³-hybridized carbons (Fsp3) is 0.0909. The Morgan fingerprint density at radius 1 is 1.41 bits per heavy atom. The van der Waals surface area contributed by atoms with Gasteiger partial charge >= 0.3 is 0 Å². The molecular weight excluding hydrogens is 225 g/mol. The predicted octanol–water partition coefficient (Wildman–Crippen LogP) is 0.463. The lowest BCUT2D eigenvalue weighted by Crippen LogP contribution is -2.24. The quantitative estimate of drug-likeness (QED) is 0.793. The fourth-order valence-electron chi connectivity index (χ4n) is 1.45. The first-order valence-corrected chi connectivity index (χ1v) is 4.93. The summed E-state index contributed by atoms with van der Waals surface area (Å²) in [5.41, 5.74) is 5.37. The normalized spacial score (nSPS) is 10.5. The Kier molecular flexibility index (Phi) is 2.88. The van der Waals surface area contributed by atoms with E-state index in [0.717, 1.165) is 10.7 Å². The summed E-state index contributed by atoms with van der Waals surface area (Å²) >= 11 is 0. The van der Waals surface area contributed by atoms with Gasteiger partial charge in [0.15, 0.2) is 0 Å². The average Bonchev–Trinajstić information content (AvgIpc) is 2.69. The molecule has 17 heavy (non-hydrogen) atoms. The lowest BCUT2D eigenvalue weighted by molar-refractivity contribution is 0.0940. The maximum Gasteiger partial charge on any atom is 0.279 e. The molecule has 0 aliphatic carbocycles. The van der Waals surface area contributed by atoms with Gasteiger partial charge in [0.2, 0.25) is 0 Å². The number of carbonyl (C=O) groups is 1. The highest BCUT2D eigenvalue weighted by Gasteiger charge is 2.13. The van der Waals surface area contributed by atoms with Crippen LogP contribution in [0.5, 0.6) is 0 Å². The first-order chi connectivity index (χ1) is 8.11. The zero-order chi connectivity index (χ0) is 12.4. The van der Waals surface area contributed by atoms with Gasteiger partial charge in [-0.1, -0.05) is 6.07 Å². The number of rotatable bonds is 2. The van der Waals surface area contributed by atoms with Crippen molar-refractivity contribution in [3.8, 4) is 0 Å². The molecule has 2 rings (SSSR count). The van der Waals surface area contributed by atoms with Crippen molar-refractivity contribution in [2.45, 2.75) is 6.54 Å². The van der Waals surface area contributed by atoms with Crippen LogP contribution in [0.1, 0.15) is 16.1 Å². The Labute approximate surface area is 95.7 Å². The predicted molar refractivity (Wildman–Crippen MR) is 59.1 cm³/mol. The number of halogens is 1. The summed E-state index contributed by atoms with van der Waals surface area (Å²) in [4.78, 5) is 23.3. The van der Waals surface area contributed by atoms with E-state index in [9.17, 15) is 14.0 Å². The van der Waals surface area contributed by atoms with Gasteiger partial charge in [-0.15, -0.1) is 0 Å². The summed E-state index contributed by atoms with van der Waals surface area (Å²) < 4.78 is 13.7. The highest BCUT2D eigenvalue weighted by Crippen LogP contribution is 2.04. The third-order valence-electron chi connectivity index (χ3n) is 2.27. The molecule has 1 aromatic heterocycles. The highest BCUT2D eigenvalue weighted by molar-refractivity contribution is 5.95. The Morgan fingerprint density at radius 2 is 2.18 bits per heavy atom. The van der Waals surface area contributed by atoms with Crippen LogP contribution < -0.4 is 11.3 Å². The van der Waals surface area contributed by atoms with Gasteiger partial charge in [-0.3, -0.25) is 14.7 Å². The molecule has 0 radical (unpaired) electrons. The van der Waals surface area contributed by atoms with Gasteiger partial charge in [0, 0.05) is 18.2 Å². The topological polar surface area (TPSA) is 80.9 Å². The molecular formula is C11H10FN3O2. The zero-order valence-electron chi connectivity index (χ0n) is 8.81. The van der Waals surface area contributed by atoms with Crippen molar-refractivity contribution in [3.05, 3.63) is 57.8 Å². The van der Waals surface area contributed by atoms with Crippen LogP contribution in [0.2, 0.25) is 0 Å². The summed E-state index contributed by atoms with van der Waals surface area (Å²) in [6.07, 6.45) is 0. The van der Waals surface area contributed by atoms with Crippen LogP contribution in [0.3, 0.4) is 0 Å². The van der Waals surface area contributed by atoms with E-state index in [0.29, 0.717) is 5.69 Å². The van der Waals surface area contributed by atoms with E-state index >= 15 is 0 Å². The number of nitrogens with one attached hydrogen (secondary N) is 1. The van der Waals surface area contributed by atoms with Crippen molar-refractivity contribution in [1.82, 2.24) is 9.78 Å². The molecule has 0 fully saturated rings. The number of aromatic amines is 1. The number of carbonyl (C=O) groups excluding carboxylic acids is 1. The first kappa shape index (κ1) is 11.3. The van der Waals surface area contributed by atoms with Crippen LogP contribution in [-0.2, 0) is 6.54 Å². The van der Waals surface area contributed by atoms with Crippen molar-refractivity contribution < 1.29 is 9.18 Å². The number of H-pyrrole nitrogens is 1. The highest BCUT2D eigenvalue weighted by atomic mass is 19.1. The molecule has 0 saturated heterocycles. The largest absolute Gasteiger partial charge is 0.325 e. The third kappa shape index (κ3) is 2.16. The van der Waals surface area contributed by atoms with Crippen LogP contribution >= 0.6 is 0 Å². The van der Waals surface area contributed by atoms with Crippen molar-refractivity contribution in [2.24, 2.45) is 5.73 Å². The second-order valence-corrected chi connectivity index (χ2v) is 3.47. The summed E-state index contributed by atoms with van der Waals surface area (Å²) in [6.45, 7) is 0.124. The van der Waals surface area contributed by atoms with E-state index in [1.165, 1.54) is 24.3 Å². The molecule has 0 atom stereocenters. The van der Waals surface area contributed by atoms with Crippen molar-refractivity contribution in [2.75, 3.05) is 0 Å². The Hall–Kier alpha value is -2.21. The van der Waals surface area contributed by atoms with Gasteiger partial charge in [-0.05, 0) is 18.2 Å².